The lowest BCUT2D eigenvalue weighted by Gasteiger charge is -2.10. The van der Waals surface area contributed by atoms with Crippen molar-refractivity contribution in [2.45, 2.75) is 20.3 Å². The van der Waals surface area contributed by atoms with Gasteiger partial charge in [0.1, 0.15) is 12.4 Å². The predicted molar refractivity (Wildman–Crippen MR) is 76.9 cm³/mol. The van der Waals surface area contributed by atoms with Crippen molar-refractivity contribution < 1.29 is 19.4 Å². The number of halogens is 1. The highest BCUT2D eigenvalue weighted by molar-refractivity contribution is 9.10. The van der Waals surface area contributed by atoms with Crippen LogP contribution in [0, 0.1) is 5.92 Å². The Morgan fingerprint density at radius 2 is 2.05 bits per heavy atom. The van der Waals surface area contributed by atoms with Gasteiger partial charge in [-0.3, -0.25) is 0 Å². The van der Waals surface area contributed by atoms with E-state index in [0.717, 1.165) is 13.0 Å². The molecule has 4 nitrogen and oxygen atoms in total. The first kappa shape index (κ1) is 16.0. The van der Waals surface area contributed by atoms with Gasteiger partial charge < -0.3 is 14.6 Å². The standard InChI is InChI=1S/C14H19BrO4/c1-10(2)5-6-18-7-8-19-13-4-3-11(14(16)17)9-12(13)15/h3-4,9-10H,5-8H2,1-2H3,(H,16,17). The summed E-state index contributed by atoms with van der Waals surface area (Å²) in [6.45, 7) is 6.02. The van der Waals surface area contributed by atoms with Crippen molar-refractivity contribution >= 4 is 21.9 Å². The van der Waals surface area contributed by atoms with E-state index in [1.807, 2.05) is 0 Å². The lowest BCUT2D eigenvalue weighted by molar-refractivity contribution is 0.0696. The molecule has 1 aromatic carbocycles. The average molecular weight is 331 g/mol. The van der Waals surface area contributed by atoms with Crippen LogP contribution in [-0.4, -0.2) is 30.9 Å². The zero-order valence-electron chi connectivity index (χ0n) is 11.2. The van der Waals surface area contributed by atoms with Crippen molar-refractivity contribution in [2.75, 3.05) is 19.8 Å². The van der Waals surface area contributed by atoms with Gasteiger partial charge in [-0.05, 0) is 46.5 Å². The molecule has 0 fully saturated rings. The molecule has 0 atom stereocenters. The van der Waals surface area contributed by atoms with Gasteiger partial charge in [0.2, 0.25) is 0 Å². The second kappa shape index (κ2) is 8.17. The molecule has 0 spiro atoms. The van der Waals surface area contributed by atoms with Crippen LogP contribution in [0.25, 0.3) is 0 Å². The quantitative estimate of drug-likeness (QED) is 0.740. The first-order chi connectivity index (χ1) is 9.00. The van der Waals surface area contributed by atoms with Crippen molar-refractivity contribution in [1.29, 1.82) is 0 Å². The molecule has 0 heterocycles. The number of ether oxygens (including phenoxy) is 2. The normalized spacial score (nSPS) is 10.7. The maximum atomic E-state index is 10.8. The third-order valence-electron chi connectivity index (χ3n) is 2.50. The highest BCUT2D eigenvalue weighted by Crippen LogP contribution is 2.25. The van der Waals surface area contributed by atoms with Gasteiger partial charge in [-0.25, -0.2) is 4.79 Å². The lowest BCUT2D eigenvalue weighted by Crippen LogP contribution is -2.09. The van der Waals surface area contributed by atoms with Crippen LogP contribution in [-0.2, 0) is 4.74 Å². The molecule has 0 amide bonds. The largest absolute Gasteiger partial charge is 0.490 e. The van der Waals surface area contributed by atoms with Crippen molar-refractivity contribution in [3.05, 3.63) is 28.2 Å². The monoisotopic (exact) mass is 330 g/mol. The van der Waals surface area contributed by atoms with E-state index in [0.29, 0.717) is 29.4 Å². The summed E-state index contributed by atoms with van der Waals surface area (Å²) in [5.74, 6) is 0.306. The zero-order chi connectivity index (χ0) is 14.3. The number of carbonyl (C=O) groups is 1. The van der Waals surface area contributed by atoms with Crippen LogP contribution < -0.4 is 4.74 Å². The Kier molecular flexibility index (Phi) is 6.87. The fraction of sp³-hybridized carbons (Fsp3) is 0.500. The molecule has 0 saturated carbocycles. The molecular formula is C14H19BrO4. The highest BCUT2D eigenvalue weighted by atomic mass is 79.9. The number of hydrogen-bond acceptors (Lipinski definition) is 3. The van der Waals surface area contributed by atoms with E-state index in [-0.39, 0.29) is 5.56 Å². The SMILES string of the molecule is CC(C)CCOCCOc1ccc(C(=O)O)cc1Br. The van der Waals surface area contributed by atoms with E-state index in [1.54, 1.807) is 6.07 Å². The molecule has 0 unspecified atom stereocenters. The summed E-state index contributed by atoms with van der Waals surface area (Å²) < 4.78 is 11.6. The number of carboxylic acid groups (broad SMARTS) is 1. The van der Waals surface area contributed by atoms with E-state index in [4.69, 9.17) is 14.6 Å². The summed E-state index contributed by atoms with van der Waals surface area (Å²) in [7, 11) is 0. The van der Waals surface area contributed by atoms with Crippen molar-refractivity contribution in [2.24, 2.45) is 5.92 Å². The molecule has 0 saturated heterocycles. The molecule has 0 aliphatic carbocycles. The van der Waals surface area contributed by atoms with Crippen LogP contribution in [0.15, 0.2) is 22.7 Å². The maximum Gasteiger partial charge on any atom is 0.335 e. The van der Waals surface area contributed by atoms with Gasteiger partial charge in [0.25, 0.3) is 0 Å². The molecule has 19 heavy (non-hydrogen) atoms. The van der Waals surface area contributed by atoms with Gasteiger partial charge in [-0.2, -0.15) is 0 Å². The Morgan fingerprint density at radius 1 is 1.32 bits per heavy atom. The fourth-order valence-electron chi connectivity index (χ4n) is 1.38. The van der Waals surface area contributed by atoms with Crippen LogP contribution in [0.1, 0.15) is 30.6 Å². The topological polar surface area (TPSA) is 55.8 Å². The van der Waals surface area contributed by atoms with E-state index in [1.165, 1.54) is 12.1 Å². The zero-order valence-corrected chi connectivity index (χ0v) is 12.8. The molecule has 1 rings (SSSR count). The molecule has 0 aromatic heterocycles. The Morgan fingerprint density at radius 3 is 2.63 bits per heavy atom. The molecule has 1 aromatic rings. The Bertz CT molecular complexity index is 418. The average Bonchev–Trinajstić information content (AvgIpc) is 2.34. The summed E-state index contributed by atoms with van der Waals surface area (Å²) >= 11 is 3.29. The Labute approximate surface area is 121 Å². The summed E-state index contributed by atoms with van der Waals surface area (Å²) in [5.41, 5.74) is 0.229. The smallest absolute Gasteiger partial charge is 0.335 e. The Hall–Kier alpha value is -1.07. The summed E-state index contributed by atoms with van der Waals surface area (Å²) in [6, 6.07) is 4.68. The summed E-state index contributed by atoms with van der Waals surface area (Å²) in [6.07, 6.45) is 1.04. The minimum absolute atomic E-state index is 0.229. The van der Waals surface area contributed by atoms with Gasteiger partial charge in [-0.15, -0.1) is 0 Å². The van der Waals surface area contributed by atoms with E-state index < -0.39 is 5.97 Å². The number of benzene rings is 1. The third-order valence-corrected chi connectivity index (χ3v) is 3.12. The molecule has 0 radical (unpaired) electrons. The lowest BCUT2D eigenvalue weighted by atomic mass is 10.1. The number of aromatic carboxylic acids is 1. The molecule has 0 aliphatic rings. The van der Waals surface area contributed by atoms with Crippen molar-refractivity contribution in [1.82, 2.24) is 0 Å². The molecular weight excluding hydrogens is 312 g/mol. The third kappa shape index (κ3) is 6.07. The van der Waals surface area contributed by atoms with Gasteiger partial charge in [-0.1, -0.05) is 13.8 Å². The summed E-state index contributed by atoms with van der Waals surface area (Å²) in [5, 5.41) is 8.84. The molecule has 106 valence electrons. The highest BCUT2D eigenvalue weighted by Gasteiger charge is 2.07. The van der Waals surface area contributed by atoms with Crippen molar-refractivity contribution in [3.63, 3.8) is 0 Å². The van der Waals surface area contributed by atoms with E-state index >= 15 is 0 Å². The van der Waals surface area contributed by atoms with E-state index in [2.05, 4.69) is 29.8 Å². The number of hydrogen-bond donors (Lipinski definition) is 1. The van der Waals surface area contributed by atoms with Crippen molar-refractivity contribution in [3.8, 4) is 5.75 Å². The Balaban J connectivity index is 2.32. The predicted octanol–water partition coefficient (Wildman–Crippen LogP) is 3.59. The number of rotatable bonds is 8. The fourth-order valence-corrected chi connectivity index (χ4v) is 1.88. The number of carboxylic acids is 1. The van der Waals surface area contributed by atoms with Gasteiger partial charge in [0.05, 0.1) is 16.6 Å². The maximum absolute atomic E-state index is 10.8. The van der Waals surface area contributed by atoms with Crippen LogP contribution in [0.2, 0.25) is 0 Å². The minimum atomic E-state index is -0.954. The van der Waals surface area contributed by atoms with Gasteiger partial charge >= 0.3 is 5.97 Å². The van der Waals surface area contributed by atoms with E-state index in [9.17, 15) is 4.79 Å². The second-order valence-electron chi connectivity index (χ2n) is 4.59. The van der Waals surface area contributed by atoms with Crippen LogP contribution in [0.3, 0.4) is 0 Å². The second-order valence-corrected chi connectivity index (χ2v) is 5.45. The molecule has 5 heteroatoms. The van der Waals surface area contributed by atoms with Crippen LogP contribution in [0.4, 0.5) is 0 Å². The van der Waals surface area contributed by atoms with Gasteiger partial charge in [0.15, 0.2) is 0 Å². The summed E-state index contributed by atoms with van der Waals surface area (Å²) in [4.78, 5) is 10.8. The van der Waals surface area contributed by atoms with Crippen LogP contribution >= 0.6 is 15.9 Å². The molecule has 0 bridgehead atoms. The minimum Gasteiger partial charge on any atom is -0.490 e. The molecule has 0 aliphatic heterocycles. The first-order valence-corrected chi connectivity index (χ1v) is 7.03. The van der Waals surface area contributed by atoms with Gasteiger partial charge in [0, 0.05) is 6.61 Å². The first-order valence-electron chi connectivity index (χ1n) is 6.24. The van der Waals surface area contributed by atoms with Crippen LogP contribution in [0.5, 0.6) is 5.75 Å². The molecule has 1 N–H and O–H groups in total.